The van der Waals surface area contributed by atoms with E-state index in [-0.39, 0.29) is 18.1 Å². The molecule has 0 bridgehead atoms. The van der Waals surface area contributed by atoms with Crippen molar-refractivity contribution in [1.29, 1.82) is 5.26 Å². The lowest BCUT2D eigenvalue weighted by Crippen LogP contribution is -2.64. The third-order valence-corrected chi connectivity index (χ3v) is 7.83. The lowest BCUT2D eigenvalue weighted by atomic mass is 9.94. The number of halogens is 2. The summed E-state index contributed by atoms with van der Waals surface area (Å²) in [5.41, 5.74) is 4.51. The molecule has 0 spiro atoms. The first kappa shape index (κ1) is 26.5. The number of hydrogen-bond acceptors (Lipinski definition) is 4. The van der Waals surface area contributed by atoms with E-state index in [1.165, 1.54) is 5.56 Å². The van der Waals surface area contributed by atoms with Crippen LogP contribution in [0.5, 0.6) is 0 Å². The largest absolute Gasteiger partial charge is 0.321 e. The normalized spacial score (nSPS) is 20.0. The van der Waals surface area contributed by atoms with Gasteiger partial charge < -0.3 is 15.1 Å². The average molecular weight is 549 g/mol. The minimum Gasteiger partial charge on any atom is -0.321 e. The standard InChI is InChI=1S/C30H31Cl2N5O/c1-2-10-35-11-12-37-28(18-35)19-36(30(38)34-27-15-25(31)14-26(32)16-27)20-29(37)23-8-6-22(7-9-23)24-5-3-4-21(13-24)17-33/h3-9,13-16,28-29H,2,10-12,18-20H2,1H3,(H,34,38)/t28-,29?/m1/s1. The molecule has 8 heteroatoms. The van der Waals surface area contributed by atoms with E-state index >= 15 is 0 Å². The fourth-order valence-corrected chi connectivity index (χ4v) is 6.15. The van der Waals surface area contributed by atoms with E-state index in [2.05, 4.69) is 52.4 Å². The van der Waals surface area contributed by atoms with Gasteiger partial charge in [-0.1, -0.05) is 66.5 Å². The number of amides is 2. The van der Waals surface area contributed by atoms with Gasteiger partial charge in [-0.15, -0.1) is 0 Å². The van der Waals surface area contributed by atoms with E-state index in [0.717, 1.165) is 43.7 Å². The number of piperazine rings is 2. The number of carbonyl (C=O) groups excluding carboxylic acids is 1. The molecule has 196 valence electrons. The van der Waals surface area contributed by atoms with Crippen LogP contribution >= 0.6 is 23.2 Å². The van der Waals surface area contributed by atoms with Gasteiger partial charge in [0.2, 0.25) is 0 Å². The number of hydrogen-bond donors (Lipinski definition) is 1. The van der Waals surface area contributed by atoms with Gasteiger partial charge in [0, 0.05) is 54.5 Å². The van der Waals surface area contributed by atoms with E-state index < -0.39 is 0 Å². The van der Waals surface area contributed by atoms with Crippen LogP contribution in [0.2, 0.25) is 10.0 Å². The highest BCUT2D eigenvalue weighted by molar-refractivity contribution is 6.35. The minimum atomic E-state index is -0.148. The smallest absolute Gasteiger partial charge is 0.321 e. The summed E-state index contributed by atoms with van der Waals surface area (Å²) in [5, 5.41) is 13.2. The second-order valence-corrected chi connectivity index (χ2v) is 10.9. The number of urea groups is 1. The molecule has 1 N–H and O–H groups in total. The number of rotatable bonds is 5. The zero-order chi connectivity index (χ0) is 26.6. The maximum atomic E-state index is 13.4. The maximum Gasteiger partial charge on any atom is 0.321 e. The Morgan fingerprint density at radius 1 is 0.974 bits per heavy atom. The van der Waals surface area contributed by atoms with Crippen molar-refractivity contribution in [3.8, 4) is 17.2 Å². The molecule has 2 amide bonds. The molecule has 3 aromatic carbocycles. The Labute approximate surface area is 234 Å². The minimum absolute atomic E-state index is 0.0886. The predicted octanol–water partition coefficient (Wildman–Crippen LogP) is 6.52. The monoisotopic (exact) mass is 547 g/mol. The molecule has 3 aromatic rings. The van der Waals surface area contributed by atoms with Gasteiger partial charge in [-0.05, 0) is 60.0 Å². The lowest BCUT2D eigenvalue weighted by molar-refractivity contribution is -0.0134. The Balaban J connectivity index is 1.39. The van der Waals surface area contributed by atoms with Gasteiger partial charge >= 0.3 is 6.03 Å². The van der Waals surface area contributed by atoms with E-state index in [1.807, 2.05) is 29.2 Å². The van der Waals surface area contributed by atoms with Gasteiger partial charge in [0.25, 0.3) is 0 Å². The fraction of sp³-hybridized carbons (Fsp3) is 0.333. The summed E-state index contributed by atoms with van der Waals surface area (Å²) in [5.74, 6) is 0. The predicted molar refractivity (Wildman–Crippen MR) is 154 cm³/mol. The Morgan fingerprint density at radius 2 is 1.74 bits per heavy atom. The van der Waals surface area contributed by atoms with Crippen LogP contribution in [0.3, 0.4) is 0 Å². The van der Waals surface area contributed by atoms with Gasteiger partial charge in [0.15, 0.2) is 0 Å². The quantitative estimate of drug-likeness (QED) is 0.395. The molecule has 2 saturated heterocycles. The highest BCUT2D eigenvalue weighted by Crippen LogP contribution is 2.33. The number of benzene rings is 3. The molecule has 5 rings (SSSR count). The molecule has 0 saturated carbocycles. The molecule has 38 heavy (non-hydrogen) atoms. The molecule has 2 heterocycles. The highest BCUT2D eigenvalue weighted by Gasteiger charge is 2.40. The van der Waals surface area contributed by atoms with Crippen LogP contribution in [0.4, 0.5) is 10.5 Å². The summed E-state index contributed by atoms with van der Waals surface area (Å²) < 4.78 is 0. The van der Waals surface area contributed by atoms with Crippen molar-refractivity contribution in [1.82, 2.24) is 14.7 Å². The van der Waals surface area contributed by atoms with Crippen LogP contribution in [0.1, 0.15) is 30.5 Å². The Kier molecular flexibility index (Phi) is 8.21. The second kappa shape index (κ2) is 11.8. The summed E-state index contributed by atoms with van der Waals surface area (Å²) in [6.45, 7) is 7.48. The second-order valence-electron chi connectivity index (χ2n) is 10.0. The van der Waals surface area contributed by atoms with Crippen molar-refractivity contribution < 1.29 is 4.79 Å². The van der Waals surface area contributed by atoms with Gasteiger partial charge in [-0.3, -0.25) is 4.90 Å². The maximum absolute atomic E-state index is 13.4. The Bertz CT molecular complexity index is 1320. The first-order chi connectivity index (χ1) is 18.4. The number of nitrogens with one attached hydrogen (secondary N) is 1. The van der Waals surface area contributed by atoms with E-state index in [9.17, 15) is 10.1 Å². The summed E-state index contributed by atoms with van der Waals surface area (Å²) >= 11 is 12.3. The zero-order valence-electron chi connectivity index (χ0n) is 21.4. The van der Waals surface area contributed by atoms with Gasteiger partial charge in [-0.2, -0.15) is 5.26 Å². The first-order valence-electron chi connectivity index (χ1n) is 13.0. The molecule has 2 fully saturated rings. The van der Waals surface area contributed by atoms with Crippen LogP contribution in [0.15, 0.2) is 66.7 Å². The van der Waals surface area contributed by atoms with Crippen LogP contribution in [-0.4, -0.2) is 66.0 Å². The van der Waals surface area contributed by atoms with Crippen molar-refractivity contribution in [2.24, 2.45) is 0 Å². The molecular weight excluding hydrogens is 517 g/mol. The number of nitrogens with zero attached hydrogens (tertiary/aromatic N) is 4. The van der Waals surface area contributed by atoms with Crippen molar-refractivity contribution >= 4 is 34.9 Å². The third kappa shape index (κ3) is 5.98. The number of anilines is 1. The topological polar surface area (TPSA) is 62.6 Å². The number of nitriles is 1. The van der Waals surface area contributed by atoms with E-state index in [0.29, 0.717) is 34.4 Å². The van der Waals surface area contributed by atoms with Crippen molar-refractivity contribution in [2.45, 2.75) is 25.4 Å². The molecule has 0 radical (unpaired) electrons. The molecular formula is C30H31Cl2N5O. The SMILES string of the molecule is CCCN1CCN2C(c3ccc(-c4cccc(C#N)c4)cc3)CN(C(=O)Nc3cc(Cl)cc(Cl)c3)C[C@H]2C1. The Morgan fingerprint density at radius 3 is 2.45 bits per heavy atom. The van der Waals surface area contributed by atoms with Crippen LogP contribution in [0.25, 0.3) is 11.1 Å². The molecule has 6 nitrogen and oxygen atoms in total. The zero-order valence-corrected chi connectivity index (χ0v) is 22.9. The first-order valence-corrected chi connectivity index (χ1v) is 13.8. The van der Waals surface area contributed by atoms with Crippen LogP contribution < -0.4 is 5.32 Å². The molecule has 2 aliphatic rings. The van der Waals surface area contributed by atoms with Gasteiger partial charge in [-0.25, -0.2) is 4.79 Å². The highest BCUT2D eigenvalue weighted by atomic mass is 35.5. The molecule has 2 atom stereocenters. The van der Waals surface area contributed by atoms with Crippen molar-refractivity contribution in [3.63, 3.8) is 0 Å². The summed E-state index contributed by atoms with van der Waals surface area (Å²) in [7, 11) is 0. The van der Waals surface area contributed by atoms with E-state index in [1.54, 1.807) is 18.2 Å². The van der Waals surface area contributed by atoms with Crippen LogP contribution in [-0.2, 0) is 0 Å². The third-order valence-electron chi connectivity index (χ3n) is 7.40. The number of fused-ring (bicyclic) bond motifs is 1. The van der Waals surface area contributed by atoms with Crippen LogP contribution in [0, 0.1) is 11.3 Å². The van der Waals surface area contributed by atoms with Gasteiger partial charge in [0.1, 0.15) is 0 Å². The van der Waals surface area contributed by atoms with Crippen molar-refractivity contribution in [2.75, 3.05) is 44.6 Å². The van der Waals surface area contributed by atoms with Crippen molar-refractivity contribution in [3.05, 3.63) is 87.9 Å². The van der Waals surface area contributed by atoms with Gasteiger partial charge in [0.05, 0.1) is 17.7 Å². The van der Waals surface area contributed by atoms with E-state index in [4.69, 9.17) is 23.2 Å². The summed E-state index contributed by atoms with van der Waals surface area (Å²) in [6.07, 6.45) is 1.12. The molecule has 2 aliphatic heterocycles. The fourth-order valence-electron chi connectivity index (χ4n) is 5.63. The lowest BCUT2D eigenvalue weighted by Gasteiger charge is -2.51. The molecule has 0 aromatic heterocycles. The average Bonchev–Trinajstić information content (AvgIpc) is 2.92. The Hall–Kier alpha value is -3.08. The molecule has 1 unspecified atom stereocenters. The molecule has 0 aliphatic carbocycles. The summed E-state index contributed by atoms with van der Waals surface area (Å²) in [6, 6.07) is 23.7. The summed E-state index contributed by atoms with van der Waals surface area (Å²) in [4.78, 5) is 20.4. The number of carbonyl (C=O) groups is 1.